The molecule has 0 radical (unpaired) electrons. The van der Waals surface area contributed by atoms with Gasteiger partial charge in [-0.2, -0.15) is 0 Å². The normalized spacial score (nSPS) is 31.6. The summed E-state index contributed by atoms with van der Waals surface area (Å²) in [5.74, 6) is 0. The molecule has 50 valence electrons. The maximum Gasteiger partial charge on any atom is 0.286 e. The van der Waals surface area contributed by atoms with E-state index in [0.29, 0.717) is 0 Å². The largest absolute Gasteiger partial charge is 0.286 e. The minimum absolute atomic E-state index is 0.0972. The van der Waals surface area contributed by atoms with E-state index in [4.69, 9.17) is 0 Å². The van der Waals surface area contributed by atoms with Crippen LogP contribution in [-0.2, 0) is 0 Å². The summed E-state index contributed by atoms with van der Waals surface area (Å²) in [6.45, 7) is 0. The summed E-state index contributed by atoms with van der Waals surface area (Å²) in [4.78, 5) is 18.3. The van der Waals surface area contributed by atoms with Crippen LogP contribution in [0.4, 0.5) is 0 Å². The number of rotatable bonds is 2. The zero-order chi connectivity index (χ0) is 7.02. The van der Waals surface area contributed by atoms with Gasteiger partial charge in [-0.15, -0.1) is 0 Å². The highest BCUT2D eigenvalue weighted by Crippen LogP contribution is 2.26. The zero-order valence-electron chi connectivity index (χ0n) is 4.39. The predicted molar refractivity (Wildman–Crippen MR) is 26.2 cm³/mol. The third-order valence-corrected chi connectivity index (χ3v) is 1.27. The van der Waals surface area contributed by atoms with Crippen LogP contribution in [0.2, 0.25) is 0 Å². The summed E-state index contributed by atoms with van der Waals surface area (Å²) in [6.07, 6.45) is 0.0972. The summed E-state index contributed by atoms with van der Waals surface area (Å²) in [7, 11) is 0. The Labute approximate surface area is 49.8 Å². The smallest absolute Gasteiger partial charge is 0.264 e. The van der Waals surface area contributed by atoms with Crippen molar-refractivity contribution in [3.63, 3.8) is 0 Å². The first-order chi connectivity index (χ1) is 4.13. The van der Waals surface area contributed by atoms with E-state index in [1.54, 1.807) is 0 Å². The van der Waals surface area contributed by atoms with Gasteiger partial charge < -0.3 is 0 Å². The maximum atomic E-state index is 9.78. The molecule has 6 heteroatoms. The van der Waals surface area contributed by atoms with E-state index in [9.17, 15) is 20.2 Å². The molecule has 0 aromatic rings. The first-order valence-corrected chi connectivity index (χ1v) is 2.40. The van der Waals surface area contributed by atoms with Gasteiger partial charge in [0.15, 0.2) is 0 Å². The van der Waals surface area contributed by atoms with Gasteiger partial charge in [0.2, 0.25) is 0 Å². The Morgan fingerprint density at radius 3 is 1.56 bits per heavy atom. The summed E-state index contributed by atoms with van der Waals surface area (Å²) < 4.78 is 0. The van der Waals surface area contributed by atoms with Crippen molar-refractivity contribution < 1.29 is 9.85 Å². The van der Waals surface area contributed by atoms with Crippen molar-refractivity contribution in [3.8, 4) is 0 Å². The quantitative estimate of drug-likeness (QED) is 0.380. The molecule has 1 saturated carbocycles. The minimum Gasteiger partial charge on any atom is -0.264 e. The zero-order valence-corrected chi connectivity index (χ0v) is 4.39. The number of hydrogen-bond acceptors (Lipinski definition) is 4. The summed E-state index contributed by atoms with van der Waals surface area (Å²) in [6, 6.07) is -1.83. The second-order valence-corrected chi connectivity index (χ2v) is 1.94. The van der Waals surface area contributed by atoms with Gasteiger partial charge in [-0.3, -0.25) is 20.2 Å². The van der Waals surface area contributed by atoms with Crippen molar-refractivity contribution in [2.45, 2.75) is 18.5 Å². The van der Waals surface area contributed by atoms with Crippen LogP contribution in [-0.4, -0.2) is 21.9 Å². The van der Waals surface area contributed by atoms with E-state index in [2.05, 4.69) is 0 Å². The molecule has 0 aromatic carbocycles. The first-order valence-electron chi connectivity index (χ1n) is 2.40. The van der Waals surface area contributed by atoms with Gasteiger partial charge in [0.05, 0.1) is 6.42 Å². The van der Waals surface area contributed by atoms with Crippen LogP contribution in [0.3, 0.4) is 0 Å². The van der Waals surface area contributed by atoms with Crippen molar-refractivity contribution >= 4 is 0 Å². The average Bonchev–Trinajstić information content (AvgIpc) is 2.39. The fourth-order valence-electron chi connectivity index (χ4n) is 0.622. The van der Waals surface area contributed by atoms with E-state index in [1.165, 1.54) is 0 Å². The lowest BCUT2D eigenvalue weighted by molar-refractivity contribution is -0.558. The van der Waals surface area contributed by atoms with Crippen molar-refractivity contribution in [2.75, 3.05) is 0 Å². The standard InChI is InChI=1S/C3H4N2O4/c6-4(7)2-1-3(2)5(8)9/h2-3H,1H2/t2-,3-/m1/s1. The van der Waals surface area contributed by atoms with E-state index < -0.39 is 21.9 Å². The van der Waals surface area contributed by atoms with E-state index in [-0.39, 0.29) is 6.42 Å². The molecule has 1 fully saturated rings. The maximum absolute atomic E-state index is 9.78. The molecule has 1 aliphatic rings. The topological polar surface area (TPSA) is 86.3 Å². The molecule has 0 aliphatic heterocycles. The van der Waals surface area contributed by atoms with Gasteiger partial charge >= 0.3 is 0 Å². The lowest BCUT2D eigenvalue weighted by atomic mass is 10.7. The van der Waals surface area contributed by atoms with Crippen molar-refractivity contribution in [1.29, 1.82) is 0 Å². The van der Waals surface area contributed by atoms with Gasteiger partial charge in [0.1, 0.15) is 0 Å². The molecule has 0 heterocycles. The predicted octanol–water partition coefficient (Wildman–Crippen LogP) is -0.319. The molecule has 0 saturated heterocycles. The van der Waals surface area contributed by atoms with Gasteiger partial charge in [0, 0.05) is 9.85 Å². The van der Waals surface area contributed by atoms with Crippen LogP contribution in [0.25, 0.3) is 0 Å². The molecule has 0 bridgehead atoms. The number of nitro groups is 2. The Balaban J connectivity index is 2.42. The highest BCUT2D eigenvalue weighted by Gasteiger charge is 2.59. The molecule has 1 rings (SSSR count). The fraction of sp³-hybridized carbons (Fsp3) is 1.00. The molecule has 2 atom stereocenters. The molecular weight excluding hydrogens is 128 g/mol. The average molecular weight is 132 g/mol. The second-order valence-electron chi connectivity index (χ2n) is 1.94. The molecule has 9 heavy (non-hydrogen) atoms. The summed E-state index contributed by atoms with van der Waals surface area (Å²) in [5, 5.41) is 19.6. The van der Waals surface area contributed by atoms with Gasteiger partial charge in [-0.25, -0.2) is 0 Å². The van der Waals surface area contributed by atoms with E-state index >= 15 is 0 Å². The molecule has 6 nitrogen and oxygen atoms in total. The van der Waals surface area contributed by atoms with Crippen molar-refractivity contribution in [3.05, 3.63) is 20.2 Å². The summed E-state index contributed by atoms with van der Waals surface area (Å²) >= 11 is 0. The summed E-state index contributed by atoms with van der Waals surface area (Å²) in [5.41, 5.74) is 0. The Hall–Kier alpha value is -1.20. The SMILES string of the molecule is O=[N+]([O-])[C@@H]1C[C@H]1[N+](=O)[O-]. The molecule has 0 N–H and O–H groups in total. The molecule has 1 aliphatic carbocycles. The third kappa shape index (κ3) is 0.956. The molecular formula is C3H4N2O4. The molecule has 0 aromatic heterocycles. The Bertz CT molecular complexity index is 149. The molecule has 0 amide bonds. The minimum atomic E-state index is -0.917. The van der Waals surface area contributed by atoms with E-state index in [1.807, 2.05) is 0 Å². The van der Waals surface area contributed by atoms with Crippen LogP contribution >= 0.6 is 0 Å². The number of hydrogen-bond donors (Lipinski definition) is 0. The van der Waals surface area contributed by atoms with E-state index in [0.717, 1.165) is 0 Å². The highest BCUT2D eigenvalue weighted by atomic mass is 16.6. The van der Waals surface area contributed by atoms with Crippen LogP contribution < -0.4 is 0 Å². The van der Waals surface area contributed by atoms with Gasteiger partial charge in [-0.05, 0) is 0 Å². The van der Waals surface area contributed by atoms with Gasteiger partial charge in [0.25, 0.3) is 12.1 Å². The Morgan fingerprint density at radius 2 is 1.44 bits per heavy atom. The van der Waals surface area contributed by atoms with Crippen LogP contribution in [0.15, 0.2) is 0 Å². The lowest BCUT2D eigenvalue weighted by Crippen LogP contribution is -2.12. The fourth-order valence-corrected chi connectivity index (χ4v) is 0.622. The Kier molecular flexibility index (Phi) is 1.08. The number of nitrogens with zero attached hydrogens (tertiary/aromatic N) is 2. The van der Waals surface area contributed by atoms with Crippen LogP contribution in [0, 0.1) is 20.2 Å². The van der Waals surface area contributed by atoms with Gasteiger partial charge in [-0.1, -0.05) is 0 Å². The monoisotopic (exact) mass is 132 g/mol. The van der Waals surface area contributed by atoms with Crippen molar-refractivity contribution in [2.24, 2.45) is 0 Å². The highest BCUT2D eigenvalue weighted by molar-refractivity contribution is 4.86. The Morgan fingerprint density at radius 1 is 1.11 bits per heavy atom. The molecule has 0 spiro atoms. The third-order valence-electron chi connectivity index (χ3n) is 1.27. The second kappa shape index (κ2) is 1.64. The van der Waals surface area contributed by atoms with Crippen LogP contribution in [0.1, 0.15) is 6.42 Å². The van der Waals surface area contributed by atoms with Crippen LogP contribution in [0.5, 0.6) is 0 Å². The lowest BCUT2D eigenvalue weighted by Gasteiger charge is -1.83. The first kappa shape index (κ1) is 5.93. The van der Waals surface area contributed by atoms with Crippen molar-refractivity contribution in [1.82, 2.24) is 0 Å². The molecule has 0 unspecified atom stereocenters.